The van der Waals surface area contributed by atoms with Crippen LogP contribution in [0.2, 0.25) is 0 Å². The summed E-state index contributed by atoms with van der Waals surface area (Å²) in [6.07, 6.45) is 6.65. The van der Waals surface area contributed by atoms with Crippen LogP contribution in [0.15, 0.2) is 24.3 Å². The molecule has 7 heterocycles. The number of fused-ring (bicyclic) bond motifs is 10. The van der Waals surface area contributed by atoms with Gasteiger partial charge in [0.1, 0.15) is 7.73 Å². The first-order chi connectivity index (χ1) is 20.1. The Kier molecular flexibility index (Phi) is 8.89. The maximum atomic E-state index is 12.4. The molecule has 7 aliphatic rings. The lowest BCUT2D eigenvalue weighted by Crippen LogP contribution is -2.40. The minimum Gasteiger partial charge on any atom is -0.447 e. The van der Waals surface area contributed by atoms with Crippen molar-refractivity contribution in [2.24, 2.45) is 23.7 Å². The van der Waals surface area contributed by atoms with Crippen LogP contribution in [0, 0.1) is 23.7 Å². The first kappa shape index (κ1) is 30.0. The Bertz CT molecular complexity index is 1200. The Morgan fingerprint density at radius 2 is 1.19 bits per heavy atom. The van der Waals surface area contributed by atoms with Gasteiger partial charge in [-0.3, -0.25) is 38.6 Å². The van der Waals surface area contributed by atoms with Crippen LogP contribution >= 0.6 is 12.5 Å². The van der Waals surface area contributed by atoms with E-state index in [0.717, 1.165) is 22.3 Å². The Hall–Kier alpha value is -3.44. The van der Waals surface area contributed by atoms with Crippen LogP contribution in [0.25, 0.3) is 0 Å². The lowest BCUT2D eigenvalue weighted by atomic mass is 9.85. The number of rotatable bonds is 5. The van der Waals surface area contributed by atoms with Gasteiger partial charge in [-0.05, 0) is 6.26 Å². The van der Waals surface area contributed by atoms with Gasteiger partial charge in [-0.25, -0.2) is 4.79 Å². The van der Waals surface area contributed by atoms with E-state index in [1.165, 1.54) is 0 Å². The molecule has 16 heteroatoms. The topological polar surface area (TPSA) is 209 Å². The highest BCUT2D eigenvalue weighted by Gasteiger charge is 2.61. The zero-order valence-electron chi connectivity index (χ0n) is 23.5. The zero-order valence-corrected chi connectivity index (χ0v) is 23.3. The average Bonchev–Trinajstić information content (AvgIpc) is 3.82. The van der Waals surface area contributed by atoms with E-state index in [0.29, 0.717) is 4.90 Å². The molecule has 0 aromatic heterocycles. The quantitative estimate of drug-likeness (QED) is 0.195. The molecule has 5 saturated heterocycles. The van der Waals surface area contributed by atoms with Gasteiger partial charge in [0, 0.05) is 12.8 Å². The van der Waals surface area contributed by atoms with Gasteiger partial charge in [-0.15, -0.1) is 0 Å². The molecule has 4 bridgehead atoms. The van der Waals surface area contributed by atoms with Crippen molar-refractivity contribution in [1.29, 1.82) is 1.12 Å². The molecule has 7 amide bonds. The maximum absolute atomic E-state index is 12.4. The third-order valence-corrected chi connectivity index (χ3v) is 8.10. The van der Waals surface area contributed by atoms with Crippen molar-refractivity contribution in [1.82, 2.24) is 14.7 Å². The molecule has 8 atom stereocenters. The number of likely N-dealkylation sites (tertiary alicyclic amines) is 3. The van der Waals surface area contributed by atoms with Crippen molar-refractivity contribution in [2.45, 2.75) is 37.3 Å². The Balaban J connectivity index is 0.000000191. The van der Waals surface area contributed by atoms with E-state index in [1.54, 1.807) is 18.4 Å². The SMILES string of the molecule is O.O=C1C2C3C=CC(O3)C2C(=O)N1CCO.O=C1C2C3C=CC(O3)C2C(=O)N1CCOC(=O)N1C(=O)CCC1=O.[2H]SC. The van der Waals surface area contributed by atoms with Gasteiger partial charge in [0.15, 0.2) is 0 Å². The number of carbonyl (C=O) groups excluding carboxylic acids is 7. The van der Waals surface area contributed by atoms with E-state index in [2.05, 4.69) is 0 Å². The summed E-state index contributed by atoms with van der Waals surface area (Å²) in [5.41, 5.74) is 0. The lowest BCUT2D eigenvalue weighted by molar-refractivity contribution is -0.144. The smallest absolute Gasteiger partial charge is 0.423 e. The van der Waals surface area contributed by atoms with Crippen LogP contribution in [-0.4, -0.2) is 125 Å². The highest BCUT2D eigenvalue weighted by Crippen LogP contribution is 2.46. The molecule has 0 aromatic carbocycles. The summed E-state index contributed by atoms with van der Waals surface area (Å²) in [6, 6.07) is 0. The van der Waals surface area contributed by atoms with Crippen LogP contribution in [0.1, 0.15) is 12.8 Å². The normalized spacial score (nSPS) is 34.7. The highest BCUT2D eigenvalue weighted by molar-refractivity contribution is 7.79. The van der Waals surface area contributed by atoms with Crippen LogP contribution in [0.5, 0.6) is 0 Å². The molecular weight excluding hydrogens is 578 g/mol. The number of nitrogens with zero attached hydrogens (tertiary/aromatic N) is 3. The summed E-state index contributed by atoms with van der Waals surface area (Å²) in [7, 11) is 0. The van der Waals surface area contributed by atoms with Gasteiger partial charge in [-0.2, -0.15) is 17.4 Å². The van der Waals surface area contributed by atoms with Crippen LogP contribution < -0.4 is 0 Å². The van der Waals surface area contributed by atoms with Crippen molar-refractivity contribution in [3.05, 3.63) is 24.3 Å². The van der Waals surface area contributed by atoms with Crippen LogP contribution in [-0.2, 0) is 43.0 Å². The number of ether oxygens (including phenoxy) is 3. The van der Waals surface area contributed by atoms with Crippen LogP contribution in [0.4, 0.5) is 4.79 Å². The standard InChI is InChI=1S/C15H14N2O7.C10H11NO4.CH4S.H2O/c18-9-3-4-10(19)17(9)15(22)23-6-5-16-13(20)11-7-1-2-8(24-7)12(11)14(16)21;12-4-3-11-9(13)7-5-1-2-6(15-5)8(7)10(11)14;1-2;/h1-2,7-8,11-12H,3-6H2;1-2,5-8,12H,3-4H2;2H,1H3;1H2/i/hD. The number of amides is 7. The van der Waals surface area contributed by atoms with Gasteiger partial charge in [0.2, 0.25) is 35.4 Å². The summed E-state index contributed by atoms with van der Waals surface area (Å²) in [4.78, 5) is 85.7. The molecule has 5 fully saturated rings. The van der Waals surface area contributed by atoms with E-state index in [-0.39, 0.29) is 105 Å². The van der Waals surface area contributed by atoms with Gasteiger partial charge in [0.25, 0.3) is 0 Å². The number of thiol groups is 1. The summed E-state index contributed by atoms with van der Waals surface area (Å²) < 4.78 is 22.0. The summed E-state index contributed by atoms with van der Waals surface area (Å²) >= 11 is 1.000. The maximum Gasteiger partial charge on any atom is 0.423 e. The highest BCUT2D eigenvalue weighted by atomic mass is 32.1. The lowest BCUT2D eigenvalue weighted by Gasteiger charge is -2.18. The molecule has 15 nitrogen and oxygen atoms in total. The largest absolute Gasteiger partial charge is 0.447 e. The fourth-order valence-corrected chi connectivity index (χ4v) is 6.34. The van der Waals surface area contributed by atoms with Gasteiger partial charge in [-0.1, -0.05) is 24.3 Å². The Morgan fingerprint density at radius 3 is 1.55 bits per heavy atom. The number of hydrogen-bond donors (Lipinski definition) is 2. The second-order valence-corrected chi connectivity index (χ2v) is 10.1. The summed E-state index contributed by atoms with van der Waals surface area (Å²) in [5, 5.41) is 8.78. The van der Waals surface area contributed by atoms with Gasteiger partial charge in [0.05, 0.1) is 67.8 Å². The molecule has 0 saturated carbocycles. The molecule has 0 radical (unpaired) electrons. The summed E-state index contributed by atoms with van der Waals surface area (Å²) in [5.74, 6) is -4.00. The number of imide groups is 5. The molecule has 0 spiro atoms. The van der Waals surface area contributed by atoms with E-state index in [9.17, 15) is 33.6 Å². The van der Waals surface area contributed by atoms with E-state index < -0.39 is 29.7 Å². The number of β-amino-alcohol motifs (C(OH)–C–C–N with tert-alkyl or cyclic N) is 1. The average molecular weight is 611 g/mol. The van der Waals surface area contributed by atoms with Crippen LogP contribution in [0.3, 0.4) is 0 Å². The van der Waals surface area contributed by atoms with E-state index in [1.807, 2.05) is 12.2 Å². The molecule has 0 aromatic rings. The van der Waals surface area contributed by atoms with Crippen molar-refractivity contribution in [3.8, 4) is 0 Å². The zero-order chi connectivity index (χ0) is 30.3. The monoisotopic (exact) mass is 610 g/mol. The molecule has 0 aliphatic carbocycles. The molecule has 8 unspecified atom stereocenters. The summed E-state index contributed by atoms with van der Waals surface area (Å²) in [6.45, 7) is -0.451. The van der Waals surface area contributed by atoms with Gasteiger partial charge >= 0.3 is 6.09 Å². The van der Waals surface area contributed by atoms with Gasteiger partial charge < -0.3 is 24.8 Å². The molecule has 7 aliphatic heterocycles. The first-order valence-corrected chi connectivity index (χ1v) is 14.0. The molecule has 228 valence electrons. The first-order valence-electron chi connectivity index (χ1n) is 13.6. The molecule has 3 N–H and O–H groups in total. The second-order valence-electron chi connectivity index (χ2n) is 10.1. The number of carbonyl (C=O) groups is 7. The third kappa shape index (κ3) is 4.96. The Labute approximate surface area is 246 Å². The van der Waals surface area contributed by atoms with Crippen molar-refractivity contribution < 1.29 is 58.4 Å². The fraction of sp³-hybridized carbons (Fsp3) is 0.577. The minimum absolute atomic E-state index is 0. The predicted octanol–water partition coefficient (Wildman–Crippen LogP) is -2.15. The van der Waals surface area contributed by atoms with E-state index in [4.69, 9.17) is 20.4 Å². The van der Waals surface area contributed by atoms with E-state index >= 15 is 0 Å². The fourth-order valence-electron chi connectivity index (χ4n) is 6.34. The molecule has 42 heavy (non-hydrogen) atoms. The van der Waals surface area contributed by atoms with Crippen molar-refractivity contribution in [3.63, 3.8) is 0 Å². The Morgan fingerprint density at radius 1 is 0.833 bits per heavy atom. The minimum atomic E-state index is -1.06. The molecular formula is C26H31N3O12S. The predicted molar refractivity (Wildman–Crippen MR) is 141 cm³/mol. The number of hydrogen-bond acceptors (Lipinski definition) is 12. The molecule has 7 rings (SSSR count). The van der Waals surface area contributed by atoms with Crippen molar-refractivity contribution in [2.75, 3.05) is 32.6 Å². The third-order valence-electron chi connectivity index (χ3n) is 8.10. The number of aliphatic hydroxyl groups is 1. The van der Waals surface area contributed by atoms with Crippen molar-refractivity contribution >= 4 is 54.1 Å². The second kappa shape index (κ2) is 12.4. The number of aliphatic hydroxyl groups excluding tert-OH is 1.